The molecule has 0 atom stereocenters. The van der Waals surface area contributed by atoms with Gasteiger partial charge in [-0.2, -0.15) is 0 Å². The summed E-state index contributed by atoms with van der Waals surface area (Å²) in [6.07, 6.45) is 0.943. The van der Waals surface area contributed by atoms with Crippen LogP contribution in [0.5, 0.6) is 5.75 Å². The van der Waals surface area contributed by atoms with Crippen LogP contribution in [0.3, 0.4) is 0 Å². The highest BCUT2D eigenvalue weighted by Gasteiger charge is 2.11. The molecular formula is C24H22N2O3. The van der Waals surface area contributed by atoms with Gasteiger partial charge in [-0.1, -0.05) is 24.6 Å². The number of carbonyl (C=O) groups is 1. The fourth-order valence-electron chi connectivity index (χ4n) is 2.95. The Morgan fingerprint density at radius 3 is 2.52 bits per heavy atom. The summed E-state index contributed by atoms with van der Waals surface area (Å²) in [7, 11) is 0. The predicted octanol–water partition coefficient (Wildman–Crippen LogP) is 5.84. The van der Waals surface area contributed by atoms with Crippen LogP contribution in [-0.2, 0) is 0 Å². The van der Waals surface area contributed by atoms with Crippen LogP contribution in [0.1, 0.15) is 29.3 Å². The van der Waals surface area contributed by atoms with E-state index in [1.807, 2.05) is 49.4 Å². The molecule has 0 radical (unpaired) electrons. The van der Waals surface area contributed by atoms with Gasteiger partial charge in [-0.05, 0) is 67.9 Å². The Morgan fingerprint density at radius 2 is 1.79 bits per heavy atom. The van der Waals surface area contributed by atoms with Gasteiger partial charge < -0.3 is 14.5 Å². The number of fused-ring (bicyclic) bond motifs is 1. The summed E-state index contributed by atoms with van der Waals surface area (Å²) in [6.45, 7) is 4.75. The molecule has 29 heavy (non-hydrogen) atoms. The standard InChI is InChI=1S/C24H22N2O3/c1-3-14-28-20-11-8-17(9-12-20)23(27)25-19-10-13-22-21(15-19)26-24(29-22)18-6-4-16(2)5-7-18/h4-13,15H,3,14H2,1-2H3,(H,25,27). The minimum atomic E-state index is -0.186. The van der Waals surface area contributed by atoms with Crippen molar-refractivity contribution in [2.75, 3.05) is 11.9 Å². The van der Waals surface area contributed by atoms with Crippen molar-refractivity contribution in [1.82, 2.24) is 4.98 Å². The number of benzene rings is 3. The van der Waals surface area contributed by atoms with E-state index >= 15 is 0 Å². The lowest BCUT2D eigenvalue weighted by atomic mass is 10.1. The van der Waals surface area contributed by atoms with Crippen molar-refractivity contribution in [1.29, 1.82) is 0 Å². The first kappa shape index (κ1) is 18.7. The number of amides is 1. The second kappa shape index (κ2) is 8.19. The Hall–Kier alpha value is -3.60. The van der Waals surface area contributed by atoms with Crippen LogP contribution in [0.15, 0.2) is 71.1 Å². The third-order valence-electron chi connectivity index (χ3n) is 4.53. The maximum Gasteiger partial charge on any atom is 0.255 e. The summed E-state index contributed by atoms with van der Waals surface area (Å²) >= 11 is 0. The predicted molar refractivity (Wildman–Crippen MR) is 114 cm³/mol. The van der Waals surface area contributed by atoms with Crippen LogP contribution >= 0.6 is 0 Å². The number of nitrogens with zero attached hydrogens (tertiary/aromatic N) is 1. The van der Waals surface area contributed by atoms with E-state index < -0.39 is 0 Å². The summed E-state index contributed by atoms with van der Waals surface area (Å²) < 4.78 is 11.4. The zero-order valence-electron chi connectivity index (χ0n) is 16.4. The van der Waals surface area contributed by atoms with Gasteiger partial charge in [-0.25, -0.2) is 4.98 Å². The first-order valence-electron chi connectivity index (χ1n) is 9.64. The van der Waals surface area contributed by atoms with E-state index in [1.165, 1.54) is 5.56 Å². The van der Waals surface area contributed by atoms with E-state index in [-0.39, 0.29) is 5.91 Å². The van der Waals surface area contributed by atoms with Crippen LogP contribution in [0, 0.1) is 6.92 Å². The minimum absolute atomic E-state index is 0.186. The summed E-state index contributed by atoms with van der Waals surface area (Å²) in [5, 5.41) is 2.91. The molecule has 0 bridgehead atoms. The molecule has 146 valence electrons. The van der Waals surface area contributed by atoms with Gasteiger partial charge in [0.15, 0.2) is 5.58 Å². The smallest absolute Gasteiger partial charge is 0.255 e. The van der Waals surface area contributed by atoms with E-state index in [0.717, 1.165) is 17.7 Å². The topological polar surface area (TPSA) is 64.4 Å². The number of oxazole rings is 1. The zero-order valence-corrected chi connectivity index (χ0v) is 16.4. The molecule has 0 fully saturated rings. The SMILES string of the molecule is CCCOc1ccc(C(=O)Nc2ccc3oc(-c4ccc(C)cc4)nc3c2)cc1. The number of aromatic nitrogens is 1. The lowest BCUT2D eigenvalue weighted by Crippen LogP contribution is -2.11. The Kier molecular flexibility index (Phi) is 5.29. The van der Waals surface area contributed by atoms with Crippen molar-refractivity contribution in [2.45, 2.75) is 20.3 Å². The number of anilines is 1. The molecule has 1 amide bonds. The number of hydrogen-bond donors (Lipinski definition) is 1. The summed E-state index contributed by atoms with van der Waals surface area (Å²) in [4.78, 5) is 17.1. The van der Waals surface area contributed by atoms with Gasteiger partial charge in [0.25, 0.3) is 5.91 Å². The first-order valence-corrected chi connectivity index (χ1v) is 9.64. The number of ether oxygens (including phenoxy) is 1. The number of nitrogens with one attached hydrogen (secondary N) is 1. The molecule has 0 aliphatic rings. The average molecular weight is 386 g/mol. The molecule has 1 aromatic heterocycles. The molecule has 1 N–H and O–H groups in total. The molecule has 3 aromatic carbocycles. The Bertz CT molecular complexity index is 1130. The number of hydrogen-bond acceptors (Lipinski definition) is 4. The van der Waals surface area contributed by atoms with E-state index in [1.54, 1.807) is 24.3 Å². The molecule has 4 aromatic rings. The lowest BCUT2D eigenvalue weighted by Gasteiger charge is -2.07. The van der Waals surface area contributed by atoms with Gasteiger partial charge in [0, 0.05) is 16.8 Å². The van der Waals surface area contributed by atoms with Crippen molar-refractivity contribution in [2.24, 2.45) is 0 Å². The van der Waals surface area contributed by atoms with Gasteiger partial charge in [0.1, 0.15) is 11.3 Å². The molecule has 0 aliphatic carbocycles. The summed E-state index contributed by atoms with van der Waals surface area (Å²) in [5.74, 6) is 1.14. The summed E-state index contributed by atoms with van der Waals surface area (Å²) in [6, 6.07) is 20.6. The van der Waals surface area contributed by atoms with Crippen LogP contribution in [-0.4, -0.2) is 17.5 Å². The van der Waals surface area contributed by atoms with E-state index in [4.69, 9.17) is 9.15 Å². The Labute approximate surface area is 169 Å². The average Bonchev–Trinajstić information content (AvgIpc) is 3.16. The second-order valence-corrected chi connectivity index (χ2v) is 6.89. The highest BCUT2D eigenvalue weighted by molar-refractivity contribution is 6.05. The maximum atomic E-state index is 12.5. The number of rotatable bonds is 6. The van der Waals surface area contributed by atoms with Crippen LogP contribution in [0.4, 0.5) is 5.69 Å². The van der Waals surface area contributed by atoms with Crippen molar-refractivity contribution >= 4 is 22.7 Å². The largest absolute Gasteiger partial charge is 0.494 e. The molecule has 5 nitrogen and oxygen atoms in total. The highest BCUT2D eigenvalue weighted by Crippen LogP contribution is 2.26. The van der Waals surface area contributed by atoms with Gasteiger partial charge in [0.05, 0.1) is 6.61 Å². The molecule has 4 rings (SSSR count). The highest BCUT2D eigenvalue weighted by atomic mass is 16.5. The quantitative estimate of drug-likeness (QED) is 0.452. The molecule has 0 unspecified atom stereocenters. The molecule has 0 saturated heterocycles. The first-order chi connectivity index (χ1) is 14.1. The van der Waals surface area contributed by atoms with E-state index in [2.05, 4.69) is 17.2 Å². The monoisotopic (exact) mass is 386 g/mol. The van der Waals surface area contributed by atoms with Gasteiger partial charge >= 0.3 is 0 Å². The Balaban J connectivity index is 1.50. The van der Waals surface area contributed by atoms with Crippen molar-refractivity contribution in [3.8, 4) is 17.2 Å². The van der Waals surface area contributed by atoms with E-state index in [0.29, 0.717) is 34.8 Å². The van der Waals surface area contributed by atoms with Crippen LogP contribution in [0.2, 0.25) is 0 Å². The minimum Gasteiger partial charge on any atom is -0.494 e. The van der Waals surface area contributed by atoms with Crippen LogP contribution in [0.25, 0.3) is 22.6 Å². The maximum absolute atomic E-state index is 12.5. The molecule has 0 spiro atoms. The zero-order chi connectivity index (χ0) is 20.2. The summed E-state index contributed by atoms with van der Waals surface area (Å²) in [5.41, 5.74) is 4.70. The molecule has 0 aliphatic heterocycles. The fourth-order valence-corrected chi connectivity index (χ4v) is 2.95. The third-order valence-corrected chi connectivity index (χ3v) is 4.53. The molecule has 0 saturated carbocycles. The van der Waals surface area contributed by atoms with Crippen molar-refractivity contribution in [3.63, 3.8) is 0 Å². The van der Waals surface area contributed by atoms with Crippen molar-refractivity contribution < 1.29 is 13.9 Å². The van der Waals surface area contributed by atoms with Gasteiger partial charge in [0.2, 0.25) is 5.89 Å². The van der Waals surface area contributed by atoms with Gasteiger partial charge in [-0.3, -0.25) is 4.79 Å². The van der Waals surface area contributed by atoms with Crippen molar-refractivity contribution in [3.05, 3.63) is 77.9 Å². The van der Waals surface area contributed by atoms with Gasteiger partial charge in [-0.15, -0.1) is 0 Å². The third kappa shape index (κ3) is 4.29. The fraction of sp³-hybridized carbons (Fsp3) is 0.167. The molecule has 1 heterocycles. The Morgan fingerprint density at radius 1 is 1.03 bits per heavy atom. The van der Waals surface area contributed by atoms with E-state index in [9.17, 15) is 4.79 Å². The van der Waals surface area contributed by atoms with Crippen LogP contribution < -0.4 is 10.1 Å². The normalized spacial score (nSPS) is 10.8. The second-order valence-electron chi connectivity index (χ2n) is 6.89. The lowest BCUT2D eigenvalue weighted by molar-refractivity contribution is 0.102. The molecule has 5 heteroatoms. The molecular weight excluding hydrogens is 364 g/mol. The number of aryl methyl sites for hydroxylation is 1. The number of carbonyl (C=O) groups excluding carboxylic acids is 1.